The molecule has 0 bridgehead atoms. The van der Waals surface area contributed by atoms with Crippen LogP contribution < -0.4 is 5.32 Å². The van der Waals surface area contributed by atoms with Crippen molar-refractivity contribution in [1.82, 2.24) is 15.2 Å². The minimum absolute atomic E-state index is 0.0114. The Balaban J connectivity index is 2.07. The molecule has 8 nitrogen and oxygen atoms in total. The molecule has 22 heavy (non-hydrogen) atoms. The zero-order chi connectivity index (χ0) is 16.1. The van der Waals surface area contributed by atoms with Crippen LogP contribution in [0.25, 0.3) is 0 Å². The normalized spacial score (nSPS) is 17.9. The second-order valence-corrected chi connectivity index (χ2v) is 4.89. The van der Waals surface area contributed by atoms with Gasteiger partial charge in [0.1, 0.15) is 0 Å². The van der Waals surface area contributed by atoms with E-state index in [2.05, 4.69) is 10.3 Å². The van der Waals surface area contributed by atoms with Gasteiger partial charge in [-0.3, -0.25) is 14.6 Å². The monoisotopic (exact) mass is 307 g/mol. The molecule has 0 saturated carbocycles. The summed E-state index contributed by atoms with van der Waals surface area (Å²) in [5, 5.41) is 11.6. The van der Waals surface area contributed by atoms with Gasteiger partial charge in [-0.2, -0.15) is 0 Å². The third-order valence-corrected chi connectivity index (χ3v) is 3.21. The molecular formula is C14H17N3O5. The van der Waals surface area contributed by atoms with E-state index in [1.54, 1.807) is 12.1 Å². The lowest BCUT2D eigenvalue weighted by molar-refractivity contribution is -0.154. The number of carboxylic acids is 1. The highest BCUT2D eigenvalue weighted by molar-refractivity contribution is 5.94. The summed E-state index contributed by atoms with van der Waals surface area (Å²) in [7, 11) is 0. The topological polar surface area (TPSA) is 109 Å². The molecule has 0 aromatic carbocycles. The van der Waals surface area contributed by atoms with Crippen molar-refractivity contribution in [3.63, 3.8) is 0 Å². The molecule has 1 aromatic heterocycles. The summed E-state index contributed by atoms with van der Waals surface area (Å²) >= 11 is 0. The number of nitrogens with one attached hydrogen (secondary N) is 1. The largest absolute Gasteiger partial charge is 0.479 e. The molecule has 1 unspecified atom stereocenters. The first-order chi connectivity index (χ1) is 10.5. The third-order valence-electron chi connectivity index (χ3n) is 3.21. The second kappa shape index (κ2) is 6.99. The molecule has 1 aliphatic heterocycles. The summed E-state index contributed by atoms with van der Waals surface area (Å²) in [6.45, 7) is 2.17. The highest BCUT2D eigenvalue weighted by Gasteiger charge is 2.29. The SMILES string of the molecule is CC(=O)NCc1cc(C(=O)N2CCOC(C(=O)O)C2)ccn1. The molecule has 1 aromatic rings. The lowest BCUT2D eigenvalue weighted by Gasteiger charge is -2.30. The van der Waals surface area contributed by atoms with E-state index in [9.17, 15) is 14.4 Å². The first kappa shape index (κ1) is 15.9. The number of rotatable bonds is 4. The van der Waals surface area contributed by atoms with Crippen molar-refractivity contribution in [2.24, 2.45) is 0 Å². The zero-order valence-corrected chi connectivity index (χ0v) is 12.1. The van der Waals surface area contributed by atoms with Crippen LogP contribution in [0.15, 0.2) is 18.3 Å². The van der Waals surface area contributed by atoms with E-state index in [-0.39, 0.29) is 31.5 Å². The van der Waals surface area contributed by atoms with Crippen LogP contribution in [0.5, 0.6) is 0 Å². The number of hydrogen-bond acceptors (Lipinski definition) is 5. The number of amides is 2. The summed E-state index contributed by atoms with van der Waals surface area (Å²) in [6, 6.07) is 3.15. The van der Waals surface area contributed by atoms with Crippen LogP contribution in [0, 0.1) is 0 Å². The van der Waals surface area contributed by atoms with Crippen molar-refractivity contribution >= 4 is 17.8 Å². The maximum Gasteiger partial charge on any atom is 0.334 e. The van der Waals surface area contributed by atoms with E-state index in [0.29, 0.717) is 17.8 Å². The van der Waals surface area contributed by atoms with Gasteiger partial charge in [-0.15, -0.1) is 0 Å². The Morgan fingerprint density at radius 1 is 1.50 bits per heavy atom. The fraction of sp³-hybridized carbons (Fsp3) is 0.429. The Morgan fingerprint density at radius 2 is 2.27 bits per heavy atom. The minimum Gasteiger partial charge on any atom is -0.479 e. The third kappa shape index (κ3) is 4.01. The molecule has 2 N–H and O–H groups in total. The van der Waals surface area contributed by atoms with Gasteiger partial charge in [0.15, 0.2) is 6.10 Å². The van der Waals surface area contributed by atoms with Crippen LogP contribution >= 0.6 is 0 Å². The quantitative estimate of drug-likeness (QED) is 0.786. The lowest BCUT2D eigenvalue weighted by Crippen LogP contribution is -2.48. The Kier molecular flexibility index (Phi) is 5.05. The highest BCUT2D eigenvalue weighted by Crippen LogP contribution is 2.11. The van der Waals surface area contributed by atoms with Crippen LogP contribution in [0.1, 0.15) is 23.0 Å². The molecule has 0 radical (unpaired) electrons. The average Bonchev–Trinajstić information content (AvgIpc) is 2.52. The predicted molar refractivity (Wildman–Crippen MR) is 75.0 cm³/mol. The van der Waals surface area contributed by atoms with Gasteiger partial charge < -0.3 is 20.1 Å². The van der Waals surface area contributed by atoms with E-state index in [4.69, 9.17) is 9.84 Å². The van der Waals surface area contributed by atoms with Gasteiger partial charge in [-0.1, -0.05) is 0 Å². The molecule has 1 atom stereocenters. The van der Waals surface area contributed by atoms with Gasteiger partial charge in [-0.05, 0) is 12.1 Å². The fourth-order valence-electron chi connectivity index (χ4n) is 2.09. The number of nitrogens with zero attached hydrogens (tertiary/aromatic N) is 2. The smallest absolute Gasteiger partial charge is 0.334 e. The molecule has 1 aliphatic rings. The molecule has 1 fully saturated rings. The Hall–Kier alpha value is -2.48. The van der Waals surface area contributed by atoms with E-state index in [0.717, 1.165) is 0 Å². The van der Waals surface area contributed by atoms with Gasteiger partial charge in [0.25, 0.3) is 5.91 Å². The lowest BCUT2D eigenvalue weighted by atomic mass is 10.1. The Morgan fingerprint density at radius 3 is 2.95 bits per heavy atom. The molecular weight excluding hydrogens is 290 g/mol. The van der Waals surface area contributed by atoms with Crippen LogP contribution in [0.2, 0.25) is 0 Å². The van der Waals surface area contributed by atoms with Crippen LogP contribution in [-0.4, -0.2) is 58.6 Å². The van der Waals surface area contributed by atoms with E-state index in [1.807, 2.05) is 0 Å². The van der Waals surface area contributed by atoms with E-state index < -0.39 is 12.1 Å². The van der Waals surface area contributed by atoms with Gasteiger partial charge >= 0.3 is 5.97 Å². The number of carboxylic acid groups (broad SMARTS) is 1. The van der Waals surface area contributed by atoms with Gasteiger partial charge in [0, 0.05) is 25.2 Å². The van der Waals surface area contributed by atoms with E-state index >= 15 is 0 Å². The standard InChI is InChI=1S/C14H17N3O5/c1-9(18)16-7-11-6-10(2-3-15-11)13(19)17-4-5-22-12(8-17)14(20)21/h2-3,6,12H,4-5,7-8H2,1H3,(H,16,18)(H,20,21). The summed E-state index contributed by atoms with van der Waals surface area (Å²) < 4.78 is 5.09. The Bertz CT molecular complexity index is 590. The number of carbonyl (C=O) groups excluding carboxylic acids is 2. The van der Waals surface area contributed by atoms with Crippen molar-refractivity contribution in [3.05, 3.63) is 29.6 Å². The highest BCUT2D eigenvalue weighted by atomic mass is 16.5. The Labute approximate surface area is 127 Å². The maximum atomic E-state index is 12.4. The molecule has 0 spiro atoms. The first-order valence-corrected chi connectivity index (χ1v) is 6.80. The fourth-order valence-corrected chi connectivity index (χ4v) is 2.09. The number of aliphatic carboxylic acids is 1. The average molecular weight is 307 g/mol. The van der Waals surface area contributed by atoms with Crippen molar-refractivity contribution in [2.75, 3.05) is 19.7 Å². The van der Waals surface area contributed by atoms with Crippen LogP contribution in [-0.2, 0) is 20.9 Å². The van der Waals surface area contributed by atoms with E-state index in [1.165, 1.54) is 18.0 Å². The number of pyridine rings is 1. The first-order valence-electron chi connectivity index (χ1n) is 6.80. The number of ether oxygens (including phenoxy) is 1. The number of aromatic nitrogens is 1. The molecule has 2 rings (SSSR count). The zero-order valence-electron chi connectivity index (χ0n) is 12.1. The molecule has 2 heterocycles. The predicted octanol–water partition coefficient (Wildman–Crippen LogP) is -0.357. The van der Waals surface area contributed by atoms with Crippen molar-refractivity contribution in [2.45, 2.75) is 19.6 Å². The van der Waals surface area contributed by atoms with Crippen molar-refractivity contribution < 1.29 is 24.2 Å². The summed E-state index contributed by atoms with van der Waals surface area (Å²) in [5.41, 5.74) is 0.963. The maximum absolute atomic E-state index is 12.4. The van der Waals surface area contributed by atoms with Gasteiger partial charge in [0.2, 0.25) is 5.91 Å². The van der Waals surface area contributed by atoms with Crippen LogP contribution in [0.3, 0.4) is 0 Å². The summed E-state index contributed by atoms with van der Waals surface area (Å²) in [6.07, 6.45) is 0.484. The van der Waals surface area contributed by atoms with Crippen LogP contribution in [0.4, 0.5) is 0 Å². The number of carbonyl (C=O) groups is 3. The molecule has 8 heteroatoms. The molecule has 2 amide bonds. The molecule has 1 saturated heterocycles. The number of hydrogen-bond donors (Lipinski definition) is 2. The summed E-state index contributed by atoms with van der Waals surface area (Å²) in [5.74, 6) is -1.55. The van der Waals surface area contributed by atoms with Crippen molar-refractivity contribution in [3.8, 4) is 0 Å². The minimum atomic E-state index is -1.08. The molecule has 0 aliphatic carbocycles. The molecule has 118 valence electrons. The van der Waals surface area contributed by atoms with Crippen molar-refractivity contribution in [1.29, 1.82) is 0 Å². The summed E-state index contributed by atoms with van der Waals surface area (Å²) in [4.78, 5) is 39.8. The van der Waals surface area contributed by atoms with Gasteiger partial charge in [-0.25, -0.2) is 4.79 Å². The second-order valence-electron chi connectivity index (χ2n) is 4.89. The van der Waals surface area contributed by atoms with Gasteiger partial charge in [0.05, 0.1) is 25.4 Å². The number of morpholine rings is 1.